The number of benzene rings is 1. The van der Waals surface area contributed by atoms with Gasteiger partial charge in [-0.1, -0.05) is 11.6 Å². The van der Waals surface area contributed by atoms with E-state index < -0.39 is 0 Å². The Morgan fingerprint density at radius 3 is 2.84 bits per heavy atom. The van der Waals surface area contributed by atoms with Gasteiger partial charge in [0.05, 0.1) is 34.8 Å². The van der Waals surface area contributed by atoms with Gasteiger partial charge in [-0.25, -0.2) is 0 Å². The van der Waals surface area contributed by atoms with Crippen LogP contribution in [0.4, 0.5) is 5.69 Å². The van der Waals surface area contributed by atoms with Gasteiger partial charge in [-0.15, -0.1) is 0 Å². The number of halogens is 1. The molecule has 0 saturated carbocycles. The van der Waals surface area contributed by atoms with Crippen LogP contribution in [-0.2, 0) is 10.3 Å². The van der Waals surface area contributed by atoms with E-state index in [0.29, 0.717) is 30.3 Å². The molecule has 6 nitrogen and oxygen atoms in total. The molecule has 158 valence electrons. The number of rotatable bonds is 1. The van der Waals surface area contributed by atoms with Crippen LogP contribution in [0.5, 0.6) is 0 Å². The zero-order valence-electron chi connectivity index (χ0n) is 17.1. The molecule has 2 fully saturated rings. The van der Waals surface area contributed by atoms with E-state index >= 15 is 0 Å². The van der Waals surface area contributed by atoms with Gasteiger partial charge >= 0.3 is 0 Å². The van der Waals surface area contributed by atoms with E-state index in [1.165, 1.54) is 5.69 Å². The number of anilines is 1. The molecule has 1 amide bonds. The minimum Gasteiger partial charge on any atom is -0.372 e. The fourth-order valence-corrected chi connectivity index (χ4v) is 5.58. The molecule has 3 aromatic rings. The van der Waals surface area contributed by atoms with Crippen LogP contribution in [0.2, 0.25) is 5.02 Å². The predicted octanol–water partition coefficient (Wildman–Crippen LogP) is 4.24. The number of amides is 1. The summed E-state index contributed by atoms with van der Waals surface area (Å²) in [5, 5.41) is 4.48. The van der Waals surface area contributed by atoms with Crippen molar-refractivity contribution in [3.05, 3.63) is 77.3 Å². The van der Waals surface area contributed by atoms with Gasteiger partial charge in [0.1, 0.15) is 5.54 Å². The van der Waals surface area contributed by atoms with Crippen molar-refractivity contribution in [3.63, 3.8) is 0 Å². The number of fused-ring (bicyclic) bond motifs is 4. The summed E-state index contributed by atoms with van der Waals surface area (Å²) in [5.74, 6) is 0.0453. The SMILES string of the molecule is O=C(c1cccnc1)N1CCC2(CC1)C[C@@]1(CO2)Nc2cc(Cl)ccc2-n2cccc21. The molecule has 1 aromatic carbocycles. The fraction of sp³-hybridized carbons (Fsp3) is 0.333. The molecule has 2 saturated heterocycles. The van der Waals surface area contributed by atoms with Crippen LogP contribution in [0.25, 0.3) is 5.69 Å². The van der Waals surface area contributed by atoms with Crippen molar-refractivity contribution in [2.24, 2.45) is 0 Å². The first-order valence-corrected chi connectivity index (χ1v) is 11.0. The second kappa shape index (κ2) is 6.84. The molecule has 31 heavy (non-hydrogen) atoms. The maximum atomic E-state index is 12.8. The van der Waals surface area contributed by atoms with Crippen molar-refractivity contribution >= 4 is 23.2 Å². The van der Waals surface area contributed by atoms with E-state index in [1.807, 2.05) is 23.1 Å². The third-order valence-corrected chi connectivity index (χ3v) is 7.19. The van der Waals surface area contributed by atoms with Crippen LogP contribution in [0.15, 0.2) is 61.1 Å². The van der Waals surface area contributed by atoms with Gasteiger partial charge in [0.2, 0.25) is 0 Å². The number of hydrogen-bond donors (Lipinski definition) is 1. The molecule has 1 atom stereocenters. The third kappa shape index (κ3) is 2.97. The zero-order valence-corrected chi connectivity index (χ0v) is 17.8. The molecule has 2 spiro atoms. The van der Waals surface area contributed by atoms with Crippen molar-refractivity contribution in [1.29, 1.82) is 0 Å². The number of nitrogens with zero attached hydrogens (tertiary/aromatic N) is 3. The highest BCUT2D eigenvalue weighted by Gasteiger charge is 2.54. The van der Waals surface area contributed by atoms with Gasteiger partial charge in [0.25, 0.3) is 5.91 Å². The highest BCUT2D eigenvalue weighted by Crippen LogP contribution is 2.50. The summed E-state index contributed by atoms with van der Waals surface area (Å²) in [6, 6.07) is 13.8. The van der Waals surface area contributed by atoms with Gasteiger partial charge < -0.3 is 19.5 Å². The smallest absolute Gasteiger partial charge is 0.255 e. The van der Waals surface area contributed by atoms with Crippen LogP contribution >= 0.6 is 11.6 Å². The summed E-state index contributed by atoms with van der Waals surface area (Å²) in [7, 11) is 0. The molecule has 0 unspecified atom stereocenters. The maximum absolute atomic E-state index is 12.8. The lowest BCUT2D eigenvalue weighted by atomic mass is 9.79. The topological polar surface area (TPSA) is 59.4 Å². The summed E-state index contributed by atoms with van der Waals surface area (Å²) < 4.78 is 8.76. The van der Waals surface area contributed by atoms with Gasteiger partial charge in [0, 0.05) is 43.1 Å². The number of pyridine rings is 1. The number of carbonyl (C=O) groups excluding carboxylic acids is 1. The van der Waals surface area contributed by atoms with E-state index in [-0.39, 0.29) is 17.0 Å². The molecule has 5 heterocycles. The molecule has 1 N–H and O–H groups in total. The first kappa shape index (κ1) is 18.9. The summed E-state index contributed by atoms with van der Waals surface area (Å²) >= 11 is 6.29. The van der Waals surface area contributed by atoms with E-state index in [0.717, 1.165) is 30.6 Å². The van der Waals surface area contributed by atoms with Crippen LogP contribution in [-0.4, -0.2) is 45.7 Å². The Bertz CT molecular complexity index is 1150. The molecular weight excluding hydrogens is 412 g/mol. The third-order valence-electron chi connectivity index (χ3n) is 6.95. The number of aromatic nitrogens is 2. The van der Waals surface area contributed by atoms with Crippen LogP contribution in [0, 0.1) is 0 Å². The fourth-order valence-electron chi connectivity index (χ4n) is 5.40. The average Bonchev–Trinajstić information content (AvgIpc) is 3.42. The molecule has 3 aliphatic heterocycles. The maximum Gasteiger partial charge on any atom is 0.255 e. The normalized spacial score (nSPS) is 23.5. The van der Waals surface area contributed by atoms with Crippen molar-refractivity contribution < 1.29 is 9.53 Å². The molecule has 7 heteroatoms. The zero-order chi connectivity index (χ0) is 21.1. The molecule has 3 aliphatic rings. The molecule has 0 radical (unpaired) electrons. The number of nitrogens with one attached hydrogen (secondary N) is 1. The van der Waals surface area contributed by atoms with E-state index in [1.54, 1.807) is 18.5 Å². The number of carbonyl (C=O) groups is 1. The Hall–Kier alpha value is -2.83. The second-order valence-electron chi connectivity index (χ2n) is 8.81. The minimum absolute atomic E-state index is 0.0453. The molecule has 0 aliphatic carbocycles. The number of piperidine rings is 1. The monoisotopic (exact) mass is 434 g/mol. The quantitative estimate of drug-likeness (QED) is 0.622. The van der Waals surface area contributed by atoms with Crippen molar-refractivity contribution in [3.8, 4) is 5.69 Å². The van der Waals surface area contributed by atoms with E-state index in [9.17, 15) is 4.79 Å². The van der Waals surface area contributed by atoms with Crippen LogP contribution in [0.1, 0.15) is 35.3 Å². The minimum atomic E-state index is -0.295. The molecule has 6 rings (SSSR count). The van der Waals surface area contributed by atoms with E-state index in [4.69, 9.17) is 16.3 Å². The lowest BCUT2D eigenvalue weighted by Gasteiger charge is -2.41. The Labute approximate surface area is 185 Å². The predicted molar refractivity (Wildman–Crippen MR) is 119 cm³/mol. The number of hydrogen-bond acceptors (Lipinski definition) is 4. The van der Waals surface area contributed by atoms with Gasteiger partial charge in [-0.2, -0.15) is 0 Å². The summed E-state index contributed by atoms with van der Waals surface area (Å²) in [5.41, 5.74) is 3.46. The average molecular weight is 435 g/mol. The lowest BCUT2D eigenvalue weighted by Crippen LogP contribution is -2.48. The highest BCUT2D eigenvalue weighted by atomic mass is 35.5. The standard InChI is InChI=1S/C24H23ClN4O2/c25-18-5-6-20-19(13-18)27-24(21-4-2-10-29(20)21)15-23(31-16-24)7-11-28(12-8-23)22(30)17-3-1-9-26-14-17/h1-6,9-10,13-14,27H,7-8,11-12,15-16H2/t24-/m0/s1. The molecular formula is C24H23ClN4O2. The number of ether oxygens (including phenoxy) is 1. The Morgan fingerprint density at radius 1 is 1.16 bits per heavy atom. The Morgan fingerprint density at radius 2 is 2.03 bits per heavy atom. The number of likely N-dealkylation sites (tertiary alicyclic amines) is 1. The molecule has 2 aromatic heterocycles. The van der Waals surface area contributed by atoms with Crippen molar-refractivity contribution in [1.82, 2.24) is 14.5 Å². The largest absolute Gasteiger partial charge is 0.372 e. The summed E-state index contributed by atoms with van der Waals surface area (Å²) in [6.45, 7) is 1.97. The second-order valence-corrected chi connectivity index (χ2v) is 9.25. The van der Waals surface area contributed by atoms with E-state index in [2.05, 4.69) is 39.3 Å². The summed E-state index contributed by atoms with van der Waals surface area (Å²) in [4.78, 5) is 18.8. The van der Waals surface area contributed by atoms with Crippen LogP contribution in [0.3, 0.4) is 0 Å². The van der Waals surface area contributed by atoms with Crippen LogP contribution < -0.4 is 5.32 Å². The van der Waals surface area contributed by atoms with Gasteiger partial charge in [0.15, 0.2) is 0 Å². The first-order valence-electron chi connectivity index (χ1n) is 10.7. The first-order chi connectivity index (χ1) is 15.1. The van der Waals surface area contributed by atoms with Crippen molar-refractivity contribution in [2.75, 3.05) is 25.0 Å². The Balaban J connectivity index is 1.24. The van der Waals surface area contributed by atoms with Gasteiger partial charge in [-0.3, -0.25) is 9.78 Å². The van der Waals surface area contributed by atoms with Crippen molar-refractivity contribution in [2.45, 2.75) is 30.4 Å². The van der Waals surface area contributed by atoms with Gasteiger partial charge in [-0.05, 0) is 55.3 Å². The highest BCUT2D eigenvalue weighted by molar-refractivity contribution is 6.31. The Kier molecular flexibility index (Phi) is 4.17. The lowest BCUT2D eigenvalue weighted by molar-refractivity contribution is -0.0392. The molecule has 0 bridgehead atoms. The summed E-state index contributed by atoms with van der Waals surface area (Å²) in [6.07, 6.45) is 7.94.